The van der Waals surface area contributed by atoms with Gasteiger partial charge in [0.05, 0.1) is 5.56 Å². The van der Waals surface area contributed by atoms with Crippen molar-refractivity contribution in [1.29, 1.82) is 0 Å². The van der Waals surface area contributed by atoms with Crippen LogP contribution >= 0.6 is 0 Å². The average Bonchev–Trinajstić information content (AvgIpc) is 2.39. The Morgan fingerprint density at radius 2 is 1.70 bits per heavy atom. The van der Waals surface area contributed by atoms with E-state index in [4.69, 9.17) is 0 Å². The fourth-order valence-corrected chi connectivity index (χ4v) is 1.74. The van der Waals surface area contributed by atoms with Crippen LogP contribution in [0.3, 0.4) is 0 Å². The molecule has 0 atom stereocenters. The molecule has 1 N–H and O–H groups in total. The smallest absolute Gasteiger partial charge is 0.335 e. The van der Waals surface area contributed by atoms with Crippen molar-refractivity contribution in [2.75, 3.05) is 5.32 Å². The molecule has 104 valence electrons. The molecule has 0 spiro atoms. The number of carbonyl (C=O) groups is 1. The monoisotopic (exact) mass is 271 g/mol. The topological polar surface area (TPSA) is 59.3 Å². The number of benzene rings is 1. The van der Waals surface area contributed by atoms with Gasteiger partial charge in [-0.2, -0.15) is 0 Å². The molecule has 0 radical (unpaired) electrons. The van der Waals surface area contributed by atoms with Crippen LogP contribution in [0, 0.1) is 0 Å². The Morgan fingerprint density at radius 3 is 2.20 bits per heavy atom. The molecule has 0 aliphatic rings. The van der Waals surface area contributed by atoms with Gasteiger partial charge >= 0.3 is 5.63 Å². The van der Waals surface area contributed by atoms with Gasteiger partial charge in [-0.15, -0.1) is 0 Å². The molecule has 1 heterocycles. The second kappa shape index (κ2) is 5.33. The van der Waals surface area contributed by atoms with Gasteiger partial charge in [-0.1, -0.05) is 32.9 Å². The lowest BCUT2D eigenvalue weighted by Gasteiger charge is -2.19. The average molecular weight is 271 g/mol. The van der Waals surface area contributed by atoms with E-state index in [1.165, 1.54) is 17.7 Å². The lowest BCUT2D eigenvalue weighted by molar-refractivity contribution is 0.102. The molecule has 4 nitrogen and oxygen atoms in total. The fraction of sp³-hybridized carbons (Fsp3) is 0.250. The third kappa shape index (κ3) is 3.35. The van der Waals surface area contributed by atoms with Gasteiger partial charge in [-0.3, -0.25) is 4.79 Å². The predicted molar refractivity (Wildman–Crippen MR) is 78.1 cm³/mol. The molecular weight excluding hydrogens is 254 g/mol. The molecule has 0 aliphatic heterocycles. The highest BCUT2D eigenvalue weighted by Gasteiger charge is 2.13. The minimum atomic E-state index is -0.476. The van der Waals surface area contributed by atoms with E-state index in [0.717, 1.165) is 6.26 Å². The number of anilines is 1. The van der Waals surface area contributed by atoms with Crippen molar-refractivity contribution in [2.45, 2.75) is 26.2 Å². The van der Waals surface area contributed by atoms with Crippen molar-refractivity contribution < 1.29 is 9.21 Å². The van der Waals surface area contributed by atoms with Gasteiger partial charge in [0.15, 0.2) is 0 Å². The minimum Gasteiger partial charge on any atom is -0.430 e. The summed E-state index contributed by atoms with van der Waals surface area (Å²) in [7, 11) is 0. The molecule has 1 aromatic heterocycles. The molecule has 0 aliphatic carbocycles. The third-order valence-electron chi connectivity index (χ3n) is 2.97. The van der Waals surface area contributed by atoms with Crippen molar-refractivity contribution >= 4 is 11.6 Å². The second-order valence-electron chi connectivity index (χ2n) is 5.62. The summed E-state index contributed by atoms with van der Waals surface area (Å²) in [5, 5.41) is 2.76. The lowest BCUT2D eigenvalue weighted by Crippen LogP contribution is -2.14. The molecule has 20 heavy (non-hydrogen) atoms. The Kier molecular flexibility index (Phi) is 3.74. The fourth-order valence-electron chi connectivity index (χ4n) is 1.74. The Bertz CT molecular complexity index is 643. The predicted octanol–water partition coefficient (Wildman–Crippen LogP) is 3.19. The van der Waals surface area contributed by atoms with Gasteiger partial charge in [-0.05, 0) is 29.2 Å². The van der Waals surface area contributed by atoms with E-state index in [2.05, 4.69) is 30.5 Å². The minimum absolute atomic E-state index is 0.0748. The van der Waals surface area contributed by atoms with Crippen molar-refractivity contribution in [3.05, 3.63) is 64.2 Å². The molecular formula is C16H17NO3. The Hall–Kier alpha value is -2.36. The first-order valence-corrected chi connectivity index (χ1v) is 6.37. The maximum absolute atomic E-state index is 11.9. The first-order valence-electron chi connectivity index (χ1n) is 6.37. The number of carbonyl (C=O) groups excluding carboxylic acids is 1. The molecule has 0 bridgehead atoms. The van der Waals surface area contributed by atoms with E-state index in [1.807, 2.05) is 24.3 Å². The molecule has 0 saturated carbocycles. The number of hydrogen-bond acceptors (Lipinski definition) is 3. The first-order chi connectivity index (χ1) is 9.36. The number of nitrogens with one attached hydrogen (secondary N) is 1. The normalized spacial score (nSPS) is 11.2. The molecule has 1 aromatic carbocycles. The van der Waals surface area contributed by atoms with Crippen molar-refractivity contribution in [2.24, 2.45) is 0 Å². The van der Waals surface area contributed by atoms with Gasteiger partial charge < -0.3 is 9.73 Å². The van der Waals surface area contributed by atoms with E-state index in [0.29, 0.717) is 11.3 Å². The molecule has 2 aromatic rings. The highest BCUT2D eigenvalue weighted by atomic mass is 16.4. The quantitative estimate of drug-likeness (QED) is 0.912. The van der Waals surface area contributed by atoms with Gasteiger partial charge in [0, 0.05) is 11.8 Å². The zero-order valence-corrected chi connectivity index (χ0v) is 11.8. The van der Waals surface area contributed by atoms with E-state index in [1.54, 1.807) is 0 Å². The number of hydrogen-bond donors (Lipinski definition) is 1. The van der Waals surface area contributed by atoms with Crippen LogP contribution in [0.25, 0.3) is 0 Å². The van der Waals surface area contributed by atoms with Crippen LogP contribution in [0.5, 0.6) is 0 Å². The van der Waals surface area contributed by atoms with E-state index < -0.39 is 5.63 Å². The van der Waals surface area contributed by atoms with Gasteiger partial charge in [0.1, 0.15) is 6.26 Å². The summed E-state index contributed by atoms with van der Waals surface area (Å²) in [5.74, 6) is -0.308. The van der Waals surface area contributed by atoms with Crippen LogP contribution in [0.2, 0.25) is 0 Å². The molecule has 0 unspecified atom stereocenters. The standard InChI is InChI=1S/C16H17NO3/c1-16(2,3)12-5-7-13(8-6-12)17-15(19)11-4-9-14(18)20-10-11/h4-10H,1-3H3,(H,17,19). The van der Waals surface area contributed by atoms with E-state index >= 15 is 0 Å². The summed E-state index contributed by atoms with van der Waals surface area (Å²) in [6, 6.07) is 10.3. The molecule has 4 heteroatoms. The highest BCUT2D eigenvalue weighted by Crippen LogP contribution is 2.23. The molecule has 0 fully saturated rings. The number of rotatable bonds is 2. The largest absolute Gasteiger partial charge is 0.430 e. The first kappa shape index (κ1) is 14.1. The maximum Gasteiger partial charge on any atom is 0.335 e. The summed E-state index contributed by atoms with van der Waals surface area (Å²) in [5.41, 5.74) is 1.81. The molecule has 0 saturated heterocycles. The van der Waals surface area contributed by atoms with Crippen LogP contribution in [0.1, 0.15) is 36.7 Å². The van der Waals surface area contributed by atoms with Crippen molar-refractivity contribution in [3.63, 3.8) is 0 Å². The Morgan fingerprint density at radius 1 is 1.05 bits per heavy atom. The summed E-state index contributed by atoms with van der Waals surface area (Å²) in [6.45, 7) is 6.39. The van der Waals surface area contributed by atoms with Gasteiger partial charge in [0.25, 0.3) is 5.91 Å². The van der Waals surface area contributed by atoms with Gasteiger partial charge in [-0.25, -0.2) is 4.79 Å². The van der Waals surface area contributed by atoms with Crippen molar-refractivity contribution in [3.8, 4) is 0 Å². The summed E-state index contributed by atoms with van der Waals surface area (Å²) < 4.78 is 4.66. The van der Waals surface area contributed by atoms with Crippen LogP contribution in [0.4, 0.5) is 5.69 Å². The highest BCUT2D eigenvalue weighted by molar-refractivity contribution is 6.03. The number of amides is 1. The Balaban J connectivity index is 2.12. The van der Waals surface area contributed by atoms with Gasteiger partial charge in [0.2, 0.25) is 0 Å². The van der Waals surface area contributed by atoms with Crippen LogP contribution in [0.15, 0.2) is 51.9 Å². The zero-order valence-electron chi connectivity index (χ0n) is 11.8. The summed E-state index contributed by atoms with van der Waals surface area (Å²) in [4.78, 5) is 22.8. The molecule has 2 rings (SSSR count). The maximum atomic E-state index is 11.9. The molecule has 1 amide bonds. The van der Waals surface area contributed by atoms with E-state index in [9.17, 15) is 9.59 Å². The van der Waals surface area contributed by atoms with Crippen LogP contribution in [-0.2, 0) is 5.41 Å². The van der Waals surface area contributed by atoms with E-state index in [-0.39, 0.29) is 11.3 Å². The third-order valence-corrected chi connectivity index (χ3v) is 2.97. The van der Waals surface area contributed by atoms with Crippen LogP contribution in [-0.4, -0.2) is 5.91 Å². The van der Waals surface area contributed by atoms with Crippen LogP contribution < -0.4 is 10.9 Å². The lowest BCUT2D eigenvalue weighted by atomic mass is 9.87. The summed E-state index contributed by atoms with van der Waals surface area (Å²) >= 11 is 0. The second-order valence-corrected chi connectivity index (χ2v) is 5.62. The Labute approximate surface area is 117 Å². The zero-order chi connectivity index (χ0) is 14.8. The summed E-state index contributed by atoms with van der Waals surface area (Å²) in [6.07, 6.45) is 1.15. The SMILES string of the molecule is CC(C)(C)c1ccc(NC(=O)c2ccc(=O)oc2)cc1. The van der Waals surface area contributed by atoms with Crippen molar-refractivity contribution in [1.82, 2.24) is 0 Å².